The molecule has 31 heavy (non-hydrogen) atoms. The molecule has 0 aliphatic rings. The van der Waals surface area contributed by atoms with Crippen molar-refractivity contribution in [1.29, 1.82) is 0 Å². The second-order valence-electron chi connectivity index (χ2n) is 5.63. The van der Waals surface area contributed by atoms with Crippen LogP contribution in [0.25, 0.3) is 0 Å². The Labute approximate surface area is 172 Å². The summed E-state index contributed by atoms with van der Waals surface area (Å²) in [5.41, 5.74) is 15.9. The van der Waals surface area contributed by atoms with Crippen molar-refractivity contribution >= 4 is 35.7 Å². The number of carboxylic acids is 3. The van der Waals surface area contributed by atoms with E-state index in [0.29, 0.717) is 13.0 Å². The molecule has 0 bridgehead atoms. The molecule has 0 aromatic rings. The maximum absolute atomic E-state index is 11.7. The molecule has 178 valence electrons. The number of amides is 2. The van der Waals surface area contributed by atoms with E-state index in [1.165, 1.54) is 0 Å². The maximum atomic E-state index is 11.7. The Bertz CT molecular complexity index is 681. The smallest absolute Gasteiger partial charge is 0.481 e. The van der Waals surface area contributed by atoms with Crippen molar-refractivity contribution in [2.45, 2.75) is 37.5 Å². The number of nitrogens with zero attached hydrogens (tertiary/aromatic N) is 1. The lowest BCUT2D eigenvalue weighted by Gasteiger charge is -2.14. The fourth-order valence-corrected chi connectivity index (χ4v) is 1.57. The molecule has 0 rings (SSSR count). The molecule has 0 fully saturated rings. The van der Waals surface area contributed by atoms with Gasteiger partial charge in [-0.3, -0.25) is 19.4 Å². The van der Waals surface area contributed by atoms with Gasteiger partial charge in [-0.2, -0.15) is 13.2 Å². The van der Waals surface area contributed by atoms with Crippen LogP contribution in [0.3, 0.4) is 0 Å². The number of hydrogen-bond donors (Lipinski definition) is 8. The lowest BCUT2D eigenvalue weighted by molar-refractivity contribution is -0.192. The second-order valence-corrected chi connectivity index (χ2v) is 5.63. The van der Waals surface area contributed by atoms with Gasteiger partial charge in [-0.15, -0.1) is 0 Å². The van der Waals surface area contributed by atoms with Crippen LogP contribution >= 0.6 is 0 Å². The van der Waals surface area contributed by atoms with Gasteiger partial charge in [0.25, 0.3) is 0 Å². The Hall–Kier alpha value is -3.63. The van der Waals surface area contributed by atoms with Crippen molar-refractivity contribution in [3.05, 3.63) is 0 Å². The lowest BCUT2D eigenvalue weighted by Crippen LogP contribution is -2.49. The Balaban J connectivity index is 0. The van der Waals surface area contributed by atoms with E-state index >= 15 is 0 Å². The molecule has 0 saturated heterocycles. The molecular weight excluding hydrogens is 437 g/mol. The molecule has 2 amide bonds. The van der Waals surface area contributed by atoms with Crippen molar-refractivity contribution < 1.29 is 52.5 Å². The van der Waals surface area contributed by atoms with Crippen molar-refractivity contribution in [2.24, 2.45) is 22.2 Å². The number of hydrogen-bond acceptors (Lipinski definition) is 7. The van der Waals surface area contributed by atoms with Gasteiger partial charge in [-0.1, -0.05) is 0 Å². The first-order valence-corrected chi connectivity index (χ1v) is 8.20. The van der Waals surface area contributed by atoms with E-state index in [1.54, 1.807) is 0 Å². The predicted molar refractivity (Wildman–Crippen MR) is 96.4 cm³/mol. The summed E-state index contributed by atoms with van der Waals surface area (Å²) in [6.45, 7) is -0.219. The van der Waals surface area contributed by atoms with Gasteiger partial charge in [0.2, 0.25) is 11.8 Å². The first-order valence-electron chi connectivity index (χ1n) is 8.20. The number of guanidine groups is 1. The molecule has 0 spiro atoms. The number of aliphatic carboxylic acids is 3. The largest absolute Gasteiger partial charge is 0.490 e. The fourth-order valence-electron chi connectivity index (χ4n) is 1.57. The third-order valence-electron chi connectivity index (χ3n) is 2.98. The van der Waals surface area contributed by atoms with Crippen molar-refractivity contribution in [1.82, 2.24) is 10.6 Å². The predicted octanol–water partition coefficient (Wildman–Crippen LogP) is -2.84. The summed E-state index contributed by atoms with van der Waals surface area (Å²) in [6, 6.07) is -2.47. The first-order chi connectivity index (χ1) is 14.1. The third kappa shape index (κ3) is 17.0. The highest BCUT2D eigenvalue weighted by Gasteiger charge is 2.38. The highest BCUT2D eigenvalue weighted by atomic mass is 19.4. The number of halogens is 3. The standard InChI is InChI=1S/C12H22N6O6.C2HF3O2/c13-6(2-1-3-16-12(14)15)10(22)17-5-8(19)18-7(11(23)24)4-9(20)21;3-2(4,5)1(6)7/h6-7H,1-5,13H2,(H,17,22)(H,18,19)(H,20,21)(H,23,24)(H4,14,15,16);(H,6,7). The number of carbonyl (C=O) groups excluding carboxylic acids is 2. The number of carboxylic acid groups (broad SMARTS) is 3. The second kappa shape index (κ2) is 14.4. The summed E-state index contributed by atoms with van der Waals surface area (Å²) in [5, 5.41) is 28.7. The Morgan fingerprint density at radius 1 is 1.03 bits per heavy atom. The Morgan fingerprint density at radius 2 is 1.55 bits per heavy atom. The highest BCUT2D eigenvalue weighted by Crippen LogP contribution is 2.13. The molecule has 0 aliphatic carbocycles. The fraction of sp³-hybridized carbons (Fsp3) is 0.571. The van der Waals surface area contributed by atoms with Crippen LogP contribution < -0.4 is 27.8 Å². The molecule has 17 heteroatoms. The molecule has 2 atom stereocenters. The highest BCUT2D eigenvalue weighted by molar-refractivity contribution is 5.90. The van der Waals surface area contributed by atoms with E-state index < -0.39 is 60.9 Å². The molecule has 11 N–H and O–H groups in total. The van der Waals surface area contributed by atoms with Gasteiger partial charge in [0.1, 0.15) is 6.04 Å². The zero-order valence-corrected chi connectivity index (χ0v) is 15.9. The van der Waals surface area contributed by atoms with E-state index in [4.69, 9.17) is 37.3 Å². The molecule has 0 aliphatic heterocycles. The van der Waals surface area contributed by atoms with Crippen molar-refractivity contribution in [3.8, 4) is 0 Å². The average molecular weight is 460 g/mol. The van der Waals surface area contributed by atoms with Gasteiger partial charge in [0, 0.05) is 6.54 Å². The number of carbonyl (C=O) groups is 5. The minimum Gasteiger partial charge on any atom is -0.481 e. The monoisotopic (exact) mass is 460 g/mol. The van der Waals surface area contributed by atoms with Crippen LogP contribution in [-0.2, 0) is 24.0 Å². The molecule has 0 aromatic carbocycles. The Morgan fingerprint density at radius 3 is 1.94 bits per heavy atom. The summed E-state index contributed by atoms with van der Waals surface area (Å²) in [7, 11) is 0. The first kappa shape index (κ1) is 29.6. The summed E-state index contributed by atoms with van der Waals surface area (Å²) < 4.78 is 31.7. The van der Waals surface area contributed by atoms with Crippen LogP contribution in [0.5, 0.6) is 0 Å². The van der Waals surface area contributed by atoms with Gasteiger partial charge < -0.3 is 43.2 Å². The van der Waals surface area contributed by atoms with Crippen LogP contribution in [0.1, 0.15) is 19.3 Å². The summed E-state index contributed by atoms with van der Waals surface area (Å²) in [6.07, 6.45) is -5.13. The molecule has 0 heterocycles. The van der Waals surface area contributed by atoms with E-state index in [2.05, 4.69) is 10.3 Å². The minimum absolute atomic E-state index is 0.0703. The van der Waals surface area contributed by atoms with Gasteiger partial charge in [0.15, 0.2) is 5.96 Å². The zero-order valence-electron chi connectivity index (χ0n) is 15.9. The summed E-state index contributed by atoms with van der Waals surface area (Å²) in [5.74, 6) is -7.15. The summed E-state index contributed by atoms with van der Waals surface area (Å²) in [4.78, 5) is 57.1. The van der Waals surface area contributed by atoms with Gasteiger partial charge in [0.05, 0.1) is 19.0 Å². The number of nitrogens with two attached hydrogens (primary N) is 3. The quantitative estimate of drug-likeness (QED) is 0.0884. The van der Waals surface area contributed by atoms with Crippen LogP contribution in [0.2, 0.25) is 0 Å². The van der Waals surface area contributed by atoms with Crippen molar-refractivity contribution in [3.63, 3.8) is 0 Å². The normalized spacial score (nSPS) is 12.3. The van der Waals surface area contributed by atoms with Crippen LogP contribution in [-0.4, -0.2) is 82.4 Å². The molecule has 0 saturated carbocycles. The number of alkyl halides is 3. The van der Waals surface area contributed by atoms with Gasteiger partial charge in [-0.25, -0.2) is 9.59 Å². The van der Waals surface area contributed by atoms with E-state index in [0.717, 1.165) is 0 Å². The minimum atomic E-state index is -5.08. The van der Waals surface area contributed by atoms with Crippen LogP contribution in [0.15, 0.2) is 4.99 Å². The molecule has 0 radical (unpaired) electrons. The average Bonchev–Trinajstić information content (AvgIpc) is 2.61. The van der Waals surface area contributed by atoms with Crippen molar-refractivity contribution in [2.75, 3.05) is 13.1 Å². The molecular formula is C14H23F3N6O8. The number of aliphatic imine (C=N–C) groups is 1. The summed E-state index contributed by atoms with van der Waals surface area (Å²) >= 11 is 0. The zero-order chi connectivity index (χ0) is 24.8. The van der Waals surface area contributed by atoms with Gasteiger partial charge >= 0.3 is 24.1 Å². The number of rotatable bonds is 11. The number of nitrogens with one attached hydrogen (secondary N) is 2. The molecule has 2 unspecified atom stereocenters. The lowest BCUT2D eigenvalue weighted by atomic mass is 10.1. The maximum Gasteiger partial charge on any atom is 0.490 e. The molecule has 0 aromatic heterocycles. The van der Waals surface area contributed by atoms with E-state index in [1.807, 2.05) is 5.32 Å². The van der Waals surface area contributed by atoms with Crippen LogP contribution in [0, 0.1) is 0 Å². The van der Waals surface area contributed by atoms with E-state index in [-0.39, 0.29) is 12.4 Å². The Kier molecular flexibility index (Phi) is 13.7. The SMILES string of the molecule is NC(N)=NCCCC(N)C(=O)NCC(=O)NC(CC(=O)O)C(=O)O.O=C(O)C(F)(F)F. The molecule has 14 nitrogen and oxygen atoms in total. The van der Waals surface area contributed by atoms with Gasteiger partial charge in [-0.05, 0) is 12.8 Å². The van der Waals surface area contributed by atoms with Crippen LogP contribution in [0.4, 0.5) is 13.2 Å². The topological polar surface area (TPSA) is 261 Å². The third-order valence-corrected chi connectivity index (χ3v) is 2.98. The van der Waals surface area contributed by atoms with E-state index in [9.17, 15) is 32.3 Å².